The van der Waals surface area contributed by atoms with Gasteiger partial charge in [0.2, 0.25) is 0 Å². The molecule has 0 aliphatic carbocycles. The first-order valence-corrected chi connectivity index (χ1v) is 5.63. The Balaban J connectivity index is 2.45. The highest BCUT2D eigenvalue weighted by Crippen LogP contribution is 2.43. The van der Waals surface area contributed by atoms with Gasteiger partial charge in [-0.15, -0.1) is 0 Å². The van der Waals surface area contributed by atoms with E-state index in [1.54, 1.807) is 0 Å². The van der Waals surface area contributed by atoms with Gasteiger partial charge in [0.25, 0.3) is 0 Å². The smallest absolute Gasteiger partial charge is 0.347 e. The number of carbonyl (C=O) groups is 2. The number of phenolic OH excluding ortho intramolecular Hbond substituents is 1. The lowest BCUT2D eigenvalue weighted by molar-refractivity contribution is -0.147. The second-order valence-corrected chi connectivity index (χ2v) is 4.34. The molecule has 96 valence electrons. The van der Waals surface area contributed by atoms with Crippen molar-refractivity contribution in [3.8, 4) is 11.5 Å². The van der Waals surface area contributed by atoms with E-state index >= 15 is 0 Å². The van der Waals surface area contributed by atoms with Gasteiger partial charge in [-0.25, -0.2) is 4.79 Å². The van der Waals surface area contributed by atoms with Crippen molar-refractivity contribution in [3.05, 3.63) is 22.2 Å². The maximum Gasteiger partial charge on any atom is 0.347 e. The van der Waals surface area contributed by atoms with Crippen molar-refractivity contribution in [2.45, 2.75) is 19.4 Å². The molecule has 1 aliphatic rings. The lowest BCUT2D eigenvalue weighted by Crippen LogP contribution is -2.26. The fourth-order valence-electron chi connectivity index (χ4n) is 1.87. The topological polar surface area (TPSA) is 72.8 Å². The molecule has 0 saturated heterocycles. The van der Waals surface area contributed by atoms with Crippen LogP contribution in [0.25, 0.3) is 0 Å². The van der Waals surface area contributed by atoms with E-state index in [1.165, 1.54) is 20.1 Å². The van der Waals surface area contributed by atoms with Gasteiger partial charge >= 0.3 is 5.97 Å². The zero-order valence-electron chi connectivity index (χ0n) is 9.82. The van der Waals surface area contributed by atoms with Gasteiger partial charge in [0, 0.05) is 12.0 Å². The Hall–Kier alpha value is -1.75. The molecule has 5 nitrogen and oxygen atoms in total. The van der Waals surface area contributed by atoms with Crippen molar-refractivity contribution in [2.24, 2.45) is 0 Å². The number of esters is 1. The minimum atomic E-state index is -0.788. The van der Waals surface area contributed by atoms with Crippen LogP contribution in [0.5, 0.6) is 11.5 Å². The highest BCUT2D eigenvalue weighted by molar-refractivity contribution is 6.34. The van der Waals surface area contributed by atoms with Crippen LogP contribution in [0.3, 0.4) is 0 Å². The number of ether oxygens (including phenoxy) is 2. The SMILES string of the molecule is COC(=O)C1Cc2cc(C(C)=O)c(O)c(Cl)c2O1. The summed E-state index contributed by atoms with van der Waals surface area (Å²) >= 11 is 5.92. The Labute approximate surface area is 108 Å². The molecular formula is C12H11ClO5. The monoisotopic (exact) mass is 270 g/mol. The number of ketones is 1. The van der Waals surface area contributed by atoms with E-state index in [0.29, 0.717) is 5.56 Å². The number of phenols is 1. The normalized spacial score (nSPS) is 16.9. The molecule has 18 heavy (non-hydrogen) atoms. The van der Waals surface area contributed by atoms with Gasteiger partial charge in [-0.05, 0) is 13.0 Å². The predicted octanol–water partition coefficient (Wildman–Crippen LogP) is 1.72. The molecule has 1 heterocycles. The van der Waals surface area contributed by atoms with Crippen LogP contribution >= 0.6 is 11.6 Å². The zero-order chi connectivity index (χ0) is 13.4. The molecule has 2 rings (SSSR count). The van der Waals surface area contributed by atoms with Gasteiger partial charge in [0.15, 0.2) is 11.9 Å². The molecule has 0 bridgehead atoms. The summed E-state index contributed by atoms with van der Waals surface area (Å²) in [6.07, 6.45) is -0.522. The fraction of sp³-hybridized carbons (Fsp3) is 0.333. The van der Waals surface area contributed by atoms with E-state index in [4.69, 9.17) is 16.3 Å². The Morgan fingerprint density at radius 1 is 1.56 bits per heavy atom. The number of halogens is 1. The van der Waals surface area contributed by atoms with Crippen LogP contribution in [0, 0.1) is 0 Å². The van der Waals surface area contributed by atoms with E-state index in [2.05, 4.69) is 4.74 Å². The Morgan fingerprint density at radius 2 is 2.22 bits per heavy atom. The summed E-state index contributed by atoms with van der Waals surface area (Å²) in [6.45, 7) is 1.32. The van der Waals surface area contributed by atoms with Gasteiger partial charge in [-0.1, -0.05) is 11.6 Å². The molecule has 0 fully saturated rings. The summed E-state index contributed by atoms with van der Waals surface area (Å²) in [7, 11) is 1.26. The van der Waals surface area contributed by atoms with E-state index in [0.717, 1.165) is 0 Å². The van der Waals surface area contributed by atoms with Gasteiger partial charge in [0.1, 0.15) is 16.5 Å². The third-order valence-electron chi connectivity index (χ3n) is 2.78. The van der Waals surface area contributed by atoms with Crippen molar-refractivity contribution in [3.63, 3.8) is 0 Å². The number of hydrogen-bond donors (Lipinski definition) is 1. The van der Waals surface area contributed by atoms with Crippen LogP contribution in [-0.4, -0.2) is 30.1 Å². The maximum atomic E-state index is 11.4. The van der Waals surface area contributed by atoms with Crippen molar-refractivity contribution < 1.29 is 24.2 Å². The van der Waals surface area contributed by atoms with Crippen molar-refractivity contribution >= 4 is 23.4 Å². The van der Waals surface area contributed by atoms with E-state index in [1.807, 2.05) is 0 Å². The van der Waals surface area contributed by atoms with Crippen LogP contribution in [0.4, 0.5) is 0 Å². The van der Waals surface area contributed by atoms with Crippen LogP contribution in [-0.2, 0) is 16.0 Å². The van der Waals surface area contributed by atoms with Crippen molar-refractivity contribution in [1.82, 2.24) is 0 Å². The molecule has 6 heteroatoms. The maximum absolute atomic E-state index is 11.4. The average molecular weight is 271 g/mol. The van der Waals surface area contributed by atoms with Crippen LogP contribution < -0.4 is 4.74 Å². The van der Waals surface area contributed by atoms with Gasteiger partial charge in [-0.2, -0.15) is 0 Å². The lowest BCUT2D eigenvalue weighted by Gasteiger charge is -2.09. The van der Waals surface area contributed by atoms with Crippen molar-refractivity contribution in [2.75, 3.05) is 7.11 Å². The molecule has 0 radical (unpaired) electrons. The summed E-state index contributed by atoms with van der Waals surface area (Å²) in [4.78, 5) is 22.7. The number of carbonyl (C=O) groups excluding carboxylic acids is 2. The van der Waals surface area contributed by atoms with E-state index < -0.39 is 12.1 Å². The molecule has 0 spiro atoms. The number of Topliss-reactive ketones (excluding diaryl/α,β-unsaturated/α-hetero) is 1. The van der Waals surface area contributed by atoms with E-state index in [-0.39, 0.29) is 34.3 Å². The lowest BCUT2D eigenvalue weighted by atomic mass is 10.0. The molecule has 1 aromatic rings. The highest BCUT2D eigenvalue weighted by Gasteiger charge is 2.34. The van der Waals surface area contributed by atoms with E-state index in [9.17, 15) is 14.7 Å². The number of benzene rings is 1. The summed E-state index contributed by atoms with van der Waals surface area (Å²) < 4.78 is 9.90. The molecule has 1 unspecified atom stereocenters. The Morgan fingerprint density at radius 3 is 2.78 bits per heavy atom. The van der Waals surface area contributed by atoms with Gasteiger partial charge in [0.05, 0.1) is 12.7 Å². The molecule has 1 N–H and O–H groups in total. The molecule has 0 amide bonds. The second-order valence-electron chi connectivity index (χ2n) is 3.96. The third-order valence-corrected chi connectivity index (χ3v) is 3.13. The fourth-order valence-corrected chi connectivity index (χ4v) is 2.14. The number of hydrogen-bond acceptors (Lipinski definition) is 5. The van der Waals surface area contributed by atoms with Crippen LogP contribution in [0.2, 0.25) is 5.02 Å². The molecule has 0 aromatic heterocycles. The molecule has 1 atom stereocenters. The zero-order valence-corrected chi connectivity index (χ0v) is 10.6. The summed E-state index contributed by atoms with van der Waals surface area (Å²) in [5.74, 6) is -0.923. The first-order chi connectivity index (χ1) is 8.45. The number of aromatic hydroxyl groups is 1. The minimum Gasteiger partial charge on any atom is -0.505 e. The number of rotatable bonds is 2. The number of fused-ring (bicyclic) bond motifs is 1. The first-order valence-electron chi connectivity index (χ1n) is 5.25. The average Bonchev–Trinajstić information content (AvgIpc) is 2.76. The third kappa shape index (κ3) is 1.90. The molecular weight excluding hydrogens is 260 g/mol. The second kappa shape index (κ2) is 4.49. The molecule has 0 saturated carbocycles. The first kappa shape index (κ1) is 12.7. The van der Waals surface area contributed by atoms with Gasteiger partial charge in [-0.3, -0.25) is 4.79 Å². The van der Waals surface area contributed by atoms with Crippen LogP contribution in [0.15, 0.2) is 6.07 Å². The minimum absolute atomic E-state index is 0.0518. The largest absolute Gasteiger partial charge is 0.505 e. The van der Waals surface area contributed by atoms with Crippen LogP contribution in [0.1, 0.15) is 22.8 Å². The quantitative estimate of drug-likeness (QED) is 0.654. The highest BCUT2D eigenvalue weighted by atomic mass is 35.5. The predicted molar refractivity (Wildman–Crippen MR) is 63.3 cm³/mol. The van der Waals surface area contributed by atoms with Crippen molar-refractivity contribution in [1.29, 1.82) is 0 Å². The number of methoxy groups -OCH3 is 1. The Kier molecular flexibility index (Phi) is 3.17. The molecule has 1 aromatic carbocycles. The van der Waals surface area contributed by atoms with Gasteiger partial charge < -0.3 is 14.6 Å². The molecule has 1 aliphatic heterocycles. The standard InChI is InChI=1S/C12H11ClO5/c1-5(14)7-3-6-4-8(12(16)17-2)18-11(6)9(13)10(7)15/h3,8,15H,4H2,1-2H3. The Bertz CT molecular complexity index is 538. The summed E-state index contributed by atoms with van der Waals surface area (Å²) in [5.41, 5.74) is 0.728. The summed E-state index contributed by atoms with van der Waals surface area (Å²) in [6, 6.07) is 1.49. The summed E-state index contributed by atoms with van der Waals surface area (Å²) in [5, 5.41) is 9.71.